The van der Waals surface area contributed by atoms with Crippen molar-refractivity contribution in [3.63, 3.8) is 0 Å². The molecule has 1 aliphatic heterocycles. The van der Waals surface area contributed by atoms with Gasteiger partial charge >= 0.3 is 0 Å². The SMILES string of the molecule is OC1CNCC1Oc1cc(Cl)cc(Cl)c1. The highest BCUT2D eigenvalue weighted by atomic mass is 35.5. The van der Waals surface area contributed by atoms with Crippen LogP contribution in [0.5, 0.6) is 5.75 Å². The molecule has 1 heterocycles. The van der Waals surface area contributed by atoms with Gasteiger partial charge in [-0.25, -0.2) is 0 Å². The number of benzene rings is 1. The summed E-state index contributed by atoms with van der Waals surface area (Å²) in [6.07, 6.45) is -0.720. The molecule has 0 radical (unpaired) electrons. The van der Waals surface area contributed by atoms with Crippen LogP contribution in [0.4, 0.5) is 0 Å². The summed E-state index contributed by atoms with van der Waals surface area (Å²) < 4.78 is 5.57. The summed E-state index contributed by atoms with van der Waals surface area (Å²) >= 11 is 11.7. The fraction of sp³-hybridized carbons (Fsp3) is 0.400. The van der Waals surface area contributed by atoms with Gasteiger partial charge in [0.2, 0.25) is 0 Å². The fourth-order valence-corrected chi connectivity index (χ4v) is 2.04. The van der Waals surface area contributed by atoms with Crippen molar-refractivity contribution in [1.82, 2.24) is 5.32 Å². The lowest BCUT2D eigenvalue weighted by molar-refractivity contribution is 0.0738. The van der Waals surface area contributed by atoms with E-state index in [1.54, 1.807) is 18.2 Å². The average Bonchev–Trinajstić information content (AvgIpc) is 2.50. The molecule has 0 aliphatic carbocycles. The zero-order chi connectivity index (χ0) is 10.8. The van der Waals surface area contributed by atoms with Crippen LogP contribution in [0.25, 0.3) is 0 Å². The lowest BCUT2D eigenvalue weighted by Gasteiger charge is -2.16. The molecule has 2 N–H and O–H groups in total. The number of aliphatic hydroxyl groups is 1. The Morgan fingerprint density at radius 3 is 2.40 bits per heavy atom. The maximum absolute atomic E-state index is 9.54. The van der Waals surface area contributed by atoms with E-state index in [0.717, 1.165) is 0 Å². The largest absolute Gasteiger partial charge is 0.486 e. The maximum Gasteiger partial charge on any atom is 0.138 e. The maximum atomic E-state index is 9.54. The number of aliphatic hydroxyl groups excluding tert-OH is 1. The number of ether oxygens (including phenoxy) is 1. The summed E-state index contributed by atoms with van der Waals surface area (Å²) in [6, 6.07) is 5.00. The summed E-state index contributed by atoms with van der Waals surface area (Å²) in [7, 11) is 0. The first-order valence-electron chi connectivity index (χ1n) is 4.66. The van der Waals surface area contributed by atoms with Crippen LogP contribution in [-0.4, -0.2) is 30.4 Å². The quantitative estimate of drug-likeness (QED) is 0.837. The molecule has 3 nitrogen and oxygen atoms in total. The van der Waals surface area contributed by atoms with Gasteiger partial charge in [0.05, 0.1) is 0 Å². The number of β-amino-alcohol motifs (C(OH)–C–C–N with tert-alkyl or cyclic N) is 1. The van der Waals surface area contributed by atoms with E-state index in [1.165, 1.54) is 0 Å². The summed E-state index contributed by atoms with van der Waals surface area (Å²) in [5, 5.41) is 13.6. The molecule has 0 aromatic heterocycles. The third-order valence-corrected chi connectivity index (χ3v) is 2.69. The van der Waals surface area contributed by atoms with E-state index in [4.69, 9.17) is 27.9 Å². The van der Waals surface area contributed by atoms with Crippen molar-refractivity contribution in [1.29, 1.82) is 0 Å². The Kier molecular flexibility index (Phi) is 3.36. The third-order valence-electron chi connectivity index (χ3n) is 2.25. The Morgan fingerprint density at radius 2 is 1.87 bits per heavy atom. The number of rotatable bonds is 2. The van der Waals surface area contributed by atoms with Crippen molar-refractivity contribution in [3.8, 4) is 5.75 Å². The molecule has 2 rings (SSSR count). The van der Waals surface area contributed by atoms with Crippen LogP contribution in [0, 0.1) is 0 Å². The smallest absolute Gasteiger partial charge is 0.138 e. The van der Waals surface area contributed by atoms with Crippen molar-refractivity contribution < 1.29 is 9.84 Å². The van der Waals surface area contributed by atoms with Crippen LogP contribution in [0.15, 0.2) is 18.2 Å². The van der Waals surface area contributed by atoms with Crippen molar-refractivity contribution in [3.05, 3.63) is 28.2 Å². The second kappa shape index (κ2) is 4.58. The fourth-order valence-electron chi connectivity index (χ4n) is 1.53. The molecule has 2 unspecified atom stereocenters. The topological polar surface area (TPSA) is 41.5 Å². The molecule has 1 aromatic carbocycles. The monoisotopic (exact) mass is 247 g/mol. The molecule has 1 saturated heterocycles. The Balaban J connectivity index is 2.10. The number of nitrogens with one attached hydrogen (secondary N) is 1. The number of hydrogen-bond acceptors (Lipinski definition) is 3. The summed E-state index contributed by atoms with van der Waals surface area (Å²) in [5.74, 6) is 0.584. The van der Waals surface area contributed by atoms with Gasteiger partial charge < -0.3 is 15.2 Å². The summed E-state index contributed by atoms with van der Waals surface area (Å²) in [5.41, 5.74) is 0. The number of halogens is 2. The second-order valence-electron chi connectivity index (χ2n) is 3.49. The highest BCUT2D eigenvalue weighted by Gasteiger charge is 2.26. The van der Waals surface area contributed by atoms with E-state index in [1.807, 2.05) is 0 Å². The van der Waals surface area contributed by atoms with Gasteiger partial charge in [-0.15, -0.1) is 0 Å². The van der Waals surface area contributed by atoms with E-state index in [0.29, 0.717) is 28.9 Å². The molecule has 0 saturated carbocycles. The van der Waals surface area contributed by atoms with Gasteiger partial charge in [-0.05, 0) is 18.2 Å². The lowest BCUT2D eigenvalue weighted by atomic mass is 10.2. The molecule has 1 aromatic rings. The van der Waals surface area contributed by atoms with Gasteiger partial charge in [0.15, 0.2) is 0 Å². The summed E-state index contributed by atoms with van der Waals surface area (Å²) in [4.78, 5) is 0. The van der Waals surface area contributed by atoms with E-state index in [-0.39, 0.29) is 6.10 Å². The van der Waals surface area contributed by atoms with Crippen LogP contribution in [0.3, 0.4) is 0 Å². The standard InChI is InChI=1S/C10H11Cl2NO2/c11-6-1-7(12)3-8(2-6)15-10-5-13-4-9(10)14/h1-3,9-10,13-14H,4-5H2. The molecule has 2 atom stereocenters. The Hall–Kier alpha value is -0.480. The summed E-state index contributed by atoms with van der Waals surface area (Å²) in [6.45, 7) is 1.18. The van der Waals surface area contributed by atoms with Gasteiger partial charge in [-0.1, -0.05) is 23.2 Å². The Bertz CT molecular complexity index is 339. The average molecular weight is 248 g/mol. The predicted octanol–water partition coefficient (Wildman–Crippen LogP) is 1.70. The van der Waals surface area contributed by atoms with E-state index in [2.05, 4.69) is 5.32 Å². The molecule has 0 spiro atoms. The molecular weight excluding hydrogens is 237 g/mol. The van der Waals surface area contributed by atoms with Crippen LogP contribution in [0.2, 0.25) is 10.0 Å². The van der Waals surface area contributed by atoms with Crippen LogP contribution in [0.1, 0.15) is 0 Å². The molecule has 1 fully saturated rings. The molecular formula is C10H11Cl2NO2. The van der Waals surface area contributed by atoms with Gasteiger partial charge in [-0.3, -0.25) is 0 Å². The van der Waals surface area contributed by atoms with E-state index in [9.17, 15) is 5.11 Å². The van der Waals surface area contributed by atoms with E-state index >= 15 is 0 Å². The first-order valence-corrected chi connectivity index (χ1v) is 5.42. The molecule has 15 heavy (non-hydrogen) atoms. The normalized spacial score (nSPS) is 25.5. The second-order valence-corrected chi connectivity index (χ2v) is 4.36. The van der Waals surface area contributed by atoms with Crippen molar-refractivity contribution in [2.24, 2.45) is 0 Å². The molecule has 5 heteroatoms. The Labute approximate surface area is 97.9 Å². The van der Waals surface area contributed by atoms with Crippen LogP contribution < -0.4 is 10.1 Å². The number of hydrogen-bond donors (Lipinski definition) is 2. The Morgan fingerprint density at radius 1 is 1.20 bits per heavy atom. The van der Waals surface area contributed by atoms with Gasteiger partial charge in [0.1, 0.15) is 18.0 Å². The van der Waals surface area contributed by atoms with Crippen LogP contribution >= 0.6 is 23.2 Å². The van der Waals surface area contributed by atoms with Gasteiger partial charge in [0.25, 0.3) is 0 Å². The predicted molar refractivity (Wildman–Crippen MR) is 59.8 cm³/mol. The molecule has 82 valence electrons. The van der Waals surface area contributed by atoms with Crippen LogP contribution in [-0.2, 0) is 0 Å². The van der Waals surface area contributed by atoms with Gasteiger partial charge in [0, 0.05) is 23.1 Å². The minimum Gasteiger partial charge on any atom is -0.486 e. The first-order chi connectivity index (χ1) is 7.15. The van der Waals surface area contributed by atoms with Crippen molar-refractivity contribution >= 4 is 23.2 Å². The molecule has 0 bridgehead atoms. The third kappa shape index (κ3) is 2.75. The van der Waals surface area contributed by atoms with E-state index < -0.39 is 6.10 Å². The minimum absolute atomic E-state index is 0.237. The molecule has 1 aliphatic rings. The zero-order valence-corrected chi connectivity index (χ0v) is 9.42. The lowest BCUT2D eigenvalue weighted by Crippen LogP contribution is -2.29. The highest BCUT2D eigenvalue weighted by Crippen LogP contribution is 2.25. The van der Waals surface area contributed by atoms with Crippen molar-refractivity contribution in [2.75, 3.05) is 13.1 Å². The zero-order valence-electron chi connectivity index (χ0n) is 7.91. The van der Waals surface area contributed by atoms with Crippen molar-refractivity contribution in [2.45, 2.75) is 12.2 Å². The minimum atomic E-state index is -0.484. The molecule has 0 amide bonds. The first kappa shape index (κ1) is 11.0. The van der Waals surface area contributed by atoms with Gasteiger partial charge in [-0.2, -0.15) is 0 Å². The highest BCUT2D eigenvalue weighted by molar-refractivity contribution is 6.34.